The number of pyridine rings is 1. The highest BCUT2D eigenvalue weighted by molar-refractivity contribution is 9.10. The van der Waals surface area contributed by atoms with E-state index in [0.29, 0.717) is 16.3 Å². The third kappa shape index (κ3) is 3.79. The normalized spacial score (nSPS) is 10.8. The maximum Gasteiger partial charge on any atom is 0.256 e. The second-order valence-electron chi connectivity index (χ2n) is 6.50. The van der Waals surface area contributed by atoms with Crippen molar-refractivity contribution in [2.45, 2.75) is 6.92 Å². The minimum atomic E-state index is -0.190. The van der Waals surface area contributed by atoms with Crippen LogP contribution < -0.4 is 5.32 Å². The van der Waals surface area contributed by atoms with Gasteiger partial charge in [0.15, 0.2) is 0 Å². The molecule has 0 aliphatic rings. The van der Waals surface area contributed by atoms with Crippen LogP contribution in [0.1, 0.15) is 15.9 Å². The smallest absolute Gasteiger partial charge is 0.256 e. The average molecular weight is 452 g/mol. The molecule has 0 spiro atoms. The molecule has 0 unspecified atom stereocenters. The minimum Gasteiger partial charge on any atom is -0.322 e. The molecule has 1 amide bonds. The van der Waals surface area contributed by atoms with E-state index >= 15 is 0 Å². The number of carbonyl (C=O) groups is 1. The molecule has 0 saturated carbocycles. The van der Waals surface area contributed by atoms with Gasteiger partial charge in [-0.05, 0) is 55.0 Å². The van der Waals surface area contributed by atoms with Gasteiger partial charge in [-0.15, -0.1) is 0 Å². The van der Waals surface area contributed by atoms with E-state index in [2.05, 4.69) is 21.2 Å². The Morgan fingerprint density at radius 3 is 2.43 bits per heavy atom. The Morgan fingerprint density at radius 2 is 1.71 bits per heavy atom. The van der Waals surface area contributed by atoms with Gasteiger partial charge in [-0.25, -0.2) is 4.98 Å². The predicted octanol–water partition coefficient (Wildman–Crippen LogP) is 6.88. The first kappa shape index (κ1) is 18.7. The van der Waals surface area contributed by atoms with Crippen LogP contribution in [0.4, 0.5) is 5.69 Å². The number of halogens is 2. The van der Waals surface area contributed by atoms with Crippen molar-refractivity contribution >= 4 is 50.0 Å². The van der Waals surface area contributed by atoms with Crippen molar-refractivity contribution in [2.24, 2.45) is 0 Å². The molecule has 0 aliphatic carbocycles. The molecule has 138 valence electrons. The fourth-order valence-electron chi connectivity index (χ4n) is 3.13. The van der Waals surface area contributed by atoms with E-state index < -0.39 is 0 Å². The van der Waals surface area contributed by atoms with Crippen molar-refractivity contribution in [3.63, 3.8) is 0 Å². The van der Waals surface area contributed by atoms with E-state index in [1.165, 1.54) is 0 Å². The van der Waals surface area contributed by atoms with Crippen molar-refractivity contribution in [1.82, 2.24) is 4.98 Å². The SMILES string of the molecule is Cc1cc(Br)cc2c(C(=O)Nc3ccc(Cl)cc3)cc(-c3ccccc3)nc12. The zero-order valence-electron chi connectivity index (χ0n) is 15.0. The molecule has 1 heterocycles. The lowest BCUT2D eigenvalue weighted by atomic mass is 10.0. The van der Waals surface area contributed by atoms with Crippen LogP contribution >= 0.6 is 27.5 Å². The van der Waals surface area contributed by atoms with Gasteiger partial charge in [-0.1, -0.05) is 57.9 Å². The summed E-state index contributed by atoms with van der Waals surface area (Å²) in [5.41, 5.74) is 4.80. The third-order valence-electron chi connectivity index (χ3n) is 4.49. The maximum absolute atomic E-state index is 13.1. The Labute approximate surface area is 176 Å². The molecule has 1 N–H and O–H groups in total. The monoisotopic (exact) mass is 450 g/mol. The molecule has 1 aromatic heterocycles. The molecule has 0 atom stereocenters. The second kappa shape index (κ2) is 7.74. The van der Waals surface area contributed by atoms with Gasteiger partial charge in [0.1, 0.15) is 0 Å². The summed E-state index contributed by atoms with van der Waals surface area (Å²) in [6.45, 7) is 2.00. The number of nitrogens with one attached hydrogen (secondary N) is 1. The predicted molar refractivity (Wildman–Crippen MR) is 119 cm³/mol. The summed E-state index contributed by atoms with van der Waals surface area (Å²) in [5.74, 6) is -0.190. The molecule has 5 heteroatoms. The summed E-state index contributed by atoms with van der Waals surface area (Å²) in [5, 5.41) is 4.38. The van der Waals surface area contributed by atoms with Crippen LogP contribution in [0.5, 0.6) is 0 Å². The number of fused-ring (bicyclic) bond motifs is 1. The summed E-state index contributed by atoms with van der Waals surface area (Å²) in [6, 6.07) is 22.7. The highest BCUT2D eigenvalue weighted by atomic mass is 79.9. The molecule has 4 rings (SSSR count). The molecular formula is C23H16BrClN2O. The number of aromatic nitrogens is 1. The van der Waals surface area contributed by atoms with Crippen molar-refractivity contribution in [2.75, 3.05) is 5.32 Å². The number of nitrogens with zero attached hydrogens (tertiary/aromatic N) is 1. The van der Waals surface area contributed by atoms with Gasteiger partial charge in [-0.2, -0.15) is 0 Å². The zero-order chi connectivity index (χ0) is 19.7. The van der Waals surface area contributed by atoms with Crippen molar-refractivity contribution in [3.8, 4) is 11.3 Å². The van der Waals surface area contributed by atoms with Crippen molar-refractivity contribution < 1.29 is 4.79 Å². The van der Waals surface area contributed by atoms with Gasteiger partial charge in [0.2, 0.25) is 0 Å². The summed E-state index contributed by atoms with van der Waals surface area (Å²) < 4.78 is 0.910. The first-order chi connectivity index (χ1) is 13.5. The Kier molecular flexibility index (Phi) is 5.16. The van der Waals surface area contributed by atoms with Crippen LogP contribution in [0.15, 0.2) is 77.3 Å². The van der Waals surface area contributed by atoms with E-state index in [1.54, 1.807) is 24.3 Å². The highest BCUT2D eigenvalue weighted by Crippen LogP contribution is 2.30. The lowest BCUT2D eigenvalue weighted by Gasteiger charge is -2.13. The molecule has 3 aromatic carbocycles. The van der Waals surface area contributed by atoms with Crippen molar-refractivity contribution in [3.05, 3.63) is 93.4 Å². The van der Waals surface area contributed by atoms with Gasteiger partial charge in [0.05, 0.1) is 16.8 Å². The number of carbonyl (C=O) groups excluding carboxylic acids is 1. The van der Waals surface area contributed by atoms with Crippen LogP contribution in [0.25, 0.3) is 22.2 Å². The number of aryl methyl sites for hydroxylation is 1. The standard InChI is InChI=1S/C23H16BrClN2O/c1-14-11-16(24)12-19-20(23(28)26-18-9-7-17(25)8-10-18)13-21(27-22(14)19)15-5-3-2-4-6-15/h2-13H,1H3,(H,26,28). The Morgan fingerprint density at radius 1 is 1.00 bits per heavy atom. The van der Waals surface area contributed by atoms with E-state index in [-0.39, 0.29) is 5.91 Å². The molecule has 28 heavy (non-hydrogen) atoms. The zero-order valence-corrected chi connectivity index (χ0v) is 17.4. The van der Waals surface area contributed by atoms with Gasteiger partial charge < -0.3 is 5.32 Å². The third-order valence-corrected chi connectivity index (χ3v) is 5.19. The summed E-state index contributed by atoms with van der Waals surface area (Å²) in [6.07, 6.45) is 0. The topological polar surface area (TPSA) is 42.0 Å². The number of rotatable bonds is 3. The lowest BCUT2D eigenvalue weighted by molar-refractivity contribution is 0.102. The van der Waals surface area contributed by atoms with Crippen LogP contribution in [0, 0.1) is 6.92 Å². The molecule has 0 aliphatic heterocycles. The Hall–Kier alpha value is -2.69. The molecule has 3 nitrogen and oxygen atoms in total. The first-order valence-electron chi connectivity index (χ1n) is 8.74. The molecule has 0 fully saturated rings. The molecular weight excluding hydrogens is 436 g/mol. The van der Waals surface area contributed by atoms with E-state index in [1.807, 2.05) is 55.5 Å². The first-order valence-corrected chi connectivity index (χ1v) is 9.91. The van der Waals surface area contributed by atoms with Gasteiger partial charge in [0, 0.05) is 26.1 Å². The average Bonchev–Trinajstić information content (AvgIpc) is 2.69. The second-order valence-corrected chi connectivity index (χ2v) is 7.85. The largest absolute Gasteiger partial charge is 0.322 e. The number of amides is 1. The van der Waals surface area contributed by atoms with E-state index in [4.69, 9.17) is 16.6 Å². The Bertz CT molecular complexity index is 1170. The van der Waals surface area contributed by atoms with Crippen LogP contribution in [-0.4, -0.2) is 10.9 Å². The van der Waals surface area contributed by atoms with Crippen LogP contribution in [-0.2, 0) is 0 Å². The van der Waals surface area contributed by atoms with Gasteiger partial charge >= 0.3 is 0 Å². The van der Waals surface area contributed by atoms with E-state index in [9.17, 15) is 4.79 Å². The number of hydrogen-bond donors (Lipinski definition) is 1. The fraction of sp³-hybridized carbons (Fsp3) is 0.0435. The summed E-state index contributed by atoms with van der Waals surface area (Å²) in [7, 11) is 0. The fourth-order valence-corrected chi connectivity index (χ4v) is 3.83. The number of anilines is 1. The molecule has 0 radical (unpaired) electrons. The highest BCUT2D eigenvalue weighted by Gasteiger charge is 2.16. The van der Waals surface area contributed by atoms with Crippen molar-refractivity contribution in [1.29, 1.82) is 0 Å². The Balaban J connectivity index is 1.87. The quantitative estimate of drug-likeness (QED) is 0.369. The molecule has 0 bridgehead atoms. The van der Waals surface area contributed by atoms with Gasteiger partial charge in [-0.3, -0.25) is 4.79 Å². The summed E-state index contributed by atoms with van der Waals surface area (Å²) >= 11 is 9.47. The maximum atomic E-state index is 13.1. The lowest BCUT2D eigenvalue weighted by Crippen LogP contribution is -2.13. The van der Waals surface area contributed by atoms with Gasteiger partial charge in [0.25, 0.3) is 5.91 Å². The summed E-state index contributed by atoms with van der Waals surface area (Å²) in [4.78, 5) is 18.0. The number of benzene rings is 3. The molecule has 4 aromatic rings. The minimum absolute atomic E-state index is 0.190. The molecule has 0 saturated heterocycles. The van der Waals surface area contributed by atoms with E-state index in [0.717, 1.165) is 32.2 Å². The number of hydrogen-bond acceptors (Lipinski definition) is 2. The van der Waals surface area contributed by atoms with Crippen LogP contribution in [0.3, 0.4) is 0 Å². The van der Waals surface area contributed by atoms with Crippen LogP contribution in [0.2, 0.25) is 5.02 Å².